The van der Waals surface area contributed by atoms with Gasteiger partial charge < -0.3 is 11.1 Å². The largest absolute Gasteiger partial charge is 0.329 e. The molecule has 0 saturated carbocycles. The topological polar surface area (TPSA) is 38.0 Å². The summed E-state index contributed by atoms with van der Waals surface area (Å²) in [6, 6.07) is 8.31. The smallest absolute Gasteiger partial charge is 0.0247 e. The van der Waals surface area contributed by atoms with Gasteiger partial charge in [-0.1, -0.05) is 34.1 Å². The maximum atomic E-state index is 5.64. The van der Waals surface area contributed by atoms with Gasteiger partial charge in [0.1, 0.15) is 0 Å². The number of benzene rings is 1. The van der Waals surface area contributed by atoms with Crippen LogP contribution in [-0.4, -0.2) is 18.6 Å². The zero-order valence-corrected chi connectivity index (χ0v) is 11.0. The minimum Gasteiger partial charge on any atom is -0.329 e. The van der Waals surface area contributed by atoms with Gasteiger partial charge in [-0.25, -0.2) is 0 Å². The normalized spacial score (nSPS) is 11.7. The molecule has 3 heteroatoms. The molecule has 3 N–H and O–H groups in total. The average molecular weight is 271 g/mol. The van der Waals surface area contributed by atoms with E-state index in [1.54, 1.807) is 0 Å². The second-order valence-corrected chi connectivity index (χ2v) is 5.21. The van der Waals surface area contributed by atoms with Crippen LogP contribution in [0, 0.1) is 0 Å². The summed E-state index contributed by atoms with van der Waals surface area (Å²) < 4.78 is 1.18. The molecule has 0 unspecified atom stereocenters. The van der Waals surface area contributed by atoms with Crippen LogP contribution in [0.5, 0.6) is 0 Å². The summed E-state index contributed by atoms with van der Waals surface area (Å²) in [5, 5.41) is 3.44. The molecular formula is C12H19BrN2. The SMILES string of the molecule is CC(C)(CN)NCCc1ccccc1Br. The lowest BCUT2D eigenvalue weighted by atomic mass is 10.1. The number of halogens is 1. The molecule has 0 aliphatic rings. The maximum Gasteiger partial charge on any atom is 0.0247 e. The number of rotatable bonds is 5. The fourth-order valence-corrected chi connectivity index (χ4v) is 1.79. The Hall–Kier alpha value is -0.380. The van der Waals surface area contributed by atoms with E-state index in [4.69, 9.17) is 5.73 Å². The van der Waals surface area contributed by atoms with Crippen molar-refractivity contribution in [2.45, 2.75) is 25.8 Å². The van der Waals surface area contributed by atoms with Gasteiger partial charge in [-0.2, -0.15) is 0 Å². The molecule has 1 aromatic rings. The predicted molar refractivity (Wildman–Crippen MR) is 69.0 cm³/mol. The molecule has 0 aromatic heterocycles. The molecule has 1 aromatic carbocycles. The van der Waals surface area contributed by atoms with Crippen molar-refractivity contribution < 1.29 is 0 Å². The minimum absolute atomic E-state index is 0.0290. The van der Waals surface area contributed by atoms with Crippen molar-refractivity contribution in [2.75, 3.05) is 13.1 Å². The monoisotopic (exact) mass is 270 g/mol. The molecule has 0 saturated heterocycles. The summed E-state index contributed by atoms with van der Waals surface area (Å²) in [6.07, 6.45) is 1.02. The lowest BCUT2D eigenvalue weighted by molar-refractivity contribution is 0.402. The van der Waals surface area contributed by atoms with E-state index >= 15 is 0 Å². The summed E-state index contributed by atoms with van der Waals surface area (Å²) in [4.78, 5) is 0. The highest BCUT2D eigenvalue weighted by Gasteiger charge is 2.13. The Morgan fingerprint density at radius 3 is 2.60 bits per heavy atom. The maximum absolute atomic E-state index is 5.64. The Balaban J connectivity index is 2.42. The molecule has 2 nitrogen and oxygen atoms in total. The molecule has 0 atom stereocenters. The summed E-state index contributed by atoms with van der Waals surface area (Å²) >= 11 is 3.54. The van der Waals surface area contributed by atoms with Crippen LogP contribution in [0.15, 0.2) is 28.7 Å². The molecule has 1 rings (SSSR count). The van der Waals surface area contributed by atoms with E-state index in [1.165, 1.54) is 10.0 Å². The Morgan fingerprint density at radius 2 is 2.00 bits per heavy atom. The Bertz CT molecular complexity index is 310. The highest BCUT2D eigenvalue weighted by Crippen LogP contribution is 2.16. The number of hydrogen-bond donors (Lipinski definition) is 2. The quantitative estimate of drug-likeness (QED) is 0.862. The highest BCUT2D eigenvalue weighted by molar-refractivity contribution is 9.10. The van der Waals surface area contributed by atoms with Crippen molar-refractivity contribution in [1.82, 2.24) is 5.32 Å². The Morgan fingerprint density at radius 1 is 1.33 bits per heavy atom. The molecule has 0 heterocycles. The van der Waals surface area contributed by atoms with Crippen LogP contribution in [0.1, 0.15) is 19.4 Å². The fourth-order valence-electron chi connectivity index (χ4n) is 1.31. The molecule has 0 spiro atoms. The van der Waals surface area contributed by atoms with Gasteiger partial charge in [0.25, 0.3) is 0 Å². The zero-order valence-electron chi connectivity index (χ0n) is 9.39. The van der Waals surface area contributed by atoms with Gasteiger partial charge in [-0.05, 0) is 38.4 Å². The van der Waals surface area contributed by atoms with Gasteiger partial charge in [0.2, 0.25) is 0 Å². The first-order valence-electron chi connectivity index (χ1n) is 5.24. The van der Waals surface area contributed by atoms with Gasteiger partial charge in [0.05, 0.1) is 0 Å². The first-order chi connectivity index (χ1) is 7.05. The summed E-state index contributed by atoms with van der Waals surface area (Å²) in [7, 11) is 0. The third-order valence-electron chi connectivity index (χ3n) is 2.47. The van der Waals surface area contributed by atoms with Gasteiger partial charge in [0.15, 0.2) is 0 Å². The Kier molecular flexibility index (Phi) is 4.77. The van der Waals surface area contributed by atoms with Crippen LogP contribution in [0.4, 0.5) is 0 Å². The molecule has 15 heavy (non-hydrogen) atoms. The second kappa shape index (κ2) is 5.64. The fraction of sp³-hybridized carbons (Fsp3) is 0.500. The second-order valence-electron chi connectivity index (χ2n) is 4.36. The van der Waals surface area contributed by atoms with Crippen molar-refractivity contribution in [3.63, 3.8) is 0 Å². The molecule has 0 radical (unpaired) electrons. The van der Waals surface area contributed by atoms with Crippen LogP contribution < -0.4 is 11.1 Å². The first-order valence-corrected chi connectivity index (χ1v) is 6.03. The summed E-state index contributed by atoms with van der Waals surface area (Å²) in [5.74, 6) is 0. The predicted octanol–water partition coefficient (Wildman–Crippen LogP) is 2.32. The van der Waals surface area contributed by atoms with Gasteiger partial charge in [-0.3, -0.25) is 0 Å². The van der Waals surface area contributed by atoms with Crippen LogP contribution in [0.2, 0.25) is 0 Å². The molecule has 0 bridgehead atoms. The van der Waals surface area contributed by atoms with E-state index in [-0.39, 0.29) is 5.54 Å². The standard InChI is InChI=1S/C12H19BrN2/c1-12(2,9-14)15-8-7-10-5-3-4-6-11(10)13/h3-6,15H,7-9,14H2,1-2H3. The van der Waals surface area contributed by atoms with Crippen molar-refractivity contribution in [3.05, 3.63) is 34.3 Å². The number of nitrogens with two attached hydrogens (primary N) is 1. The van der Waals surface area contributed by atoms with Crippen LogP contribution in [0.25, 0.3) is 0 Å². The summed E-state index contributed by atoms with van der Waals surface area (Å²) in [6.45, 7) is 5.84. The van der Waals surface area contributed by atoms with E-state index in [1.807, 2.05) is 6.07 Å². The van der Waals surface area contributed by atoms with E-state index < -0.39 is 0 Å². The first kappa shape index (κ1) is 12.7. The van der Waals surface area contributed by atoms with Crippen LogP contribution in [0.3, 0.4) is 0 Å². The van der Waals surface area contributed by atoms with E-state index in [2.05, 4.69) is 53.3 Å². The molecule has 0 aliphatic carbocycles. The molecule has 84 valence electrons. The summed E-state index contributed by atoms with van der Waals surface area (Å²) in [5.41, 5.74) is 7.00. The van der Waals surface area contributed by atoms with Crippen LogP contribution >= 0.6 is 15.9 Å². The average Bonchev–Trinajstić information content (AvgIpc) is 2.21. The molecule has 0 aliphatic heterocycles. The third kappa shape index (κ3) is 4.33. The number of hydrogen-bond acceptors (Lipinski definition) is 2. The van der Waals surface area contributed by atoms with E-state index in [0.717, 1.165) is 13.0 Å². The Labute approximate surface area is 100 Å². The van der Waals surface area contributed by atoms with Gasteiger partial charge >= 0.3 is 0 Å². The van der Waals surface area contributed by atoms with Crippen molar-refractivity contribution in [2.24, 2.45) is 5.73 Å². The molecule has 0 amide bonds. The van der Waals surface area contributed by atoms with E-state index in [9.17, 15) is 0 Å². The van der Waals surface area contributed by atoms with E-state index in [0.29, 0.717) is 6.54 Å². The van der Waals surface area contributed by atoms with Crippen molar-refractivity contribution in [3.8, 4) is 0 Å². The van der Waals surface area contributed by atoms with Crippen molar-refractivity contribution in [1.29, 1.82) is 0 Å². The third-order valence-corrected chi connectivity index (χ3v) is 3.24. The lowest BCUT2D eigenvalue weighted by Gasteiger charge is -2.24. The molecular weight excluding hydrogens is 252 g/mol. The van der Waals surface area contributed by atoms with Crippen LogP contribution in [-0.2, 0) is 6.42 Å². The van der Waals surface area contributed by atoms with Crippen molar-refractivity contribution >= 4 is 15.9 Å². The van der Waals surface area contributed by atoms with Gasteiger partial charge in [0, 0.05) is 16.6 Å². The lowest BCUT2D eigenvalue weighted by Crippen LogP contribution is -2.46. The minimum atomic E-state index is 0.0290. The van der Waals surface area contributed by atoms with Gasteiger partial charge in [-0.15, -0.1) is 0 Å². The highest BCUT2D eigenvalue weighted by atomic mass is 79.9. The molecule has 0 fully saturated rings. The number of nitrogens with one attached hydrogen (secondary N) is 1. The zero-order chi connectivity index (χ0) is 11.3.